The van der Waals surface area contributed by atoms with Gasteiger partial charge in [0, 0.05) is 17.5 Å². The Morgan fingerprint density at radius 3 is 2.81 bits per heavy atom. The van der Waals surface area contributed by atoms with Crippen molar-refractivity contribution < 1.29 is 4.79 Å². The van der Waals surface area contributed by atoms with Crippen molar-refractivity contribution in [3.63, 3.8) is 0 Å². The van der Waals surface area contributed by atoms with Gasteiger partial charge in [-0.1, -0.05) is 42.4 Å². The molecule has 3 rings (SSSR count). The van der Waals surface area contributed by atoms with Gasteiger partial charge in [0.1, 0.15) is 0 Å². The molecular formula is C17H23BrN4OS3. The second-order valence-corrected chi connectivity index (χ2v) is 11.0. The predicted molar refractivity (Wildman–Crippen MR) is 114 cm³/mol. The molecule has 5 nitrogen and oxygen atoms in total. The number of nitrogens with one attached hydrogen (secondary N) is 1. The number of thioether (sulfide) groups is 1. The smallest absolute Gasteiger partial charge is 0.233 e. The van der Waals surface area contributed by atoms with Crippen molar-refractivity contribution in [2.75, 3.05) is 17.6 Å². The van der Waals surface area contributed by atoms with E-state index in [0.29, 0.717) is 24.9 Å². The summed E-state index contributed by atoms with van der Waals surface area (Å²) in [5, 5.41) is 12.8. The Morgan fingerprint density at radius 1 is 1.31 bits per heavy atom. The Kier molecular flexibility index (Phi) is 7.77. The third-order valence-electron chi connectivity index (χ3n) is 4.37. The van der Waals surface area contributed by atoms with E-state index < -0.39 is 0 Å². The molecule has 0 aromatic carbocycles. The van der Waals surface area contributed by atoms with Crippen LogP contribution >= 0.6 is 50.4 Å². The summed E-state index contributed by atoms with van der Waals surface area (Å²) in [5.74, 6) is 0.539. The highest BCUT2D eigenvalue weighted by molar-refractivity contribution is 9.11. The summed E-state index contributed by atoms with van der Waals surface area (Å²) in [5.41, 5.74) is 0. The van der Waals surface area contributed by atoms with Crippen molar-refractivity contribution in [2.45, 2.75) is 56.0 Å². The molecule has 0 atom stereocenters. The van der Waals surface area contributed by atoms with Gasteiger partial charge in [0.25, 0.3) is 0 Å². The fourth-order valence-corrected chi connectivity index (χ4v) is 6.19. The second kappa shape index (κ2) is 10.1. The summed E-state index contributed by atoms with van der Waals surface area (Å²) in [6.45, 7) is 3.39. The molecule has 0 aliphatic heterocycles. The zero-order valence-corrected chi connectivity index (χ0v) is 18.8. The lowest BCUT2D eigenvalue weighted by atomic mass is 9.96. The number of nitrogens with zero attached hydrogens (tertiary/aromatic N) is 3. The first-order valence-corrected chi connectivity index (χ1v) is 12.3. The average molecular weight is 476 g/mol. The van der Waals surface area contributed by atoms with Gasteiger partial charge in [0.05, 0.1) is 16.1 Å². The predicted octanol–water partition coefficient (Wildman–Crippen LogP) is 5.25. The van der Waals surface area contributed by atoms with Gasteiger partial charge in [-0.15, -0.1) is 21.5 Å². The maximum absolute atomic E-state index is 12.5. The lowest BCUT2D eigenvalue weighted by Gasteiger charge is -2.21. The number of anilines is 1. The number of carbonyl (C=O) groups is 1. The average Bonchev–Trinajstić information content (AvgIpc) is 3.27. The minimum atomic E-state index is 0.138. The van der Waals surface area contributed by atoms with Gasteiger partial charge < -0.3 is 10.2 Å². The van der Waals surface area contributed by atoms with Gasteiger partial charge in [0.2, 0.25) is 11.0 Å². The normalized spacial score (nSPS) is 15.2. The van der Waals surface area contributed by atoms with Crippen molar-refractivity contribution in [1.29, 1.82) is 0 Å². The van der Waals surface area contributed by atoms with Crippen molar-refractivity contribution in [3.05, 3.63) is 20.8 Å². The molecule has 2 aromatic heterocycles. The number of thiophene rings is 1. The number of carbonyl (C=O) groups excluding carboxylic acids is 1. The summed E-state index contributed by atoms with van der Waals surface area (Å²) in [7, 11) is 0. The van der Waals surface area contributed by atoms with Crippen LogP contribution in [0, 0.1) is 0 Å². The summed E-state index contributed by atoms with van der Waals surface area (Å²) in [4.78, 5) is 15.6. The number of hydrogen-bond donors (Lipinski definition) is 1. The number of halogens is 1. The van der Waals surface area contributed by atoms with Crippen LogP contribution in [0.5, 0.6) is 0 Å². The number of aromatic nitrogens is 2. The Bertz CT molecular complexity index is 714. The third kappa shape index (κ3) is 5.94. The lowest BCUT2D eigenvalue weighted by molar-refractivity contribution is -0.128. The van der Waals surface area contributed by atoms with E-state index in [2.05, 4.69) is 37.5 Å². The second-order valence-electron chi connectivity index (χ2n) is 6.25. The van der Waals surface area contributed by atoms with Crippen molar-refractivity contribution in [3.8, 4) is 0 Å². The molecule has 1 amide bonds. The molecule has 2 heterocycles. The Labute approximate surface area is 175 Å². The van der Waals surface area contributed by atoms with Crippen LogP contribution in [0.2, 0.25) is 0 Å². The minimum Gasteiger partial charge on any atom is -0.357 e. The maximum Gasteiger partial charge on any atom is 0.233 e. The first kappa shape index (κ1) is 20.1. The molecule has 1 N–H and O–H groups in total. The van der Waals surface area contributed by atoms with Crippen molar-refractivity contribution in [1.82, 2.24) is 15.1 Å². The van der Waals surface area contributed by atoms with Crippen LogP contribution in [0.15, 0.2) is 20.3 Å². The highest BCUT2D eigenvalue weighted by Crippen LogP contribution is 2.29. The molecule has 2 aromatic rings. The first-order chi connectivity index (χ1) is 12.6. The Hall–Kier alpha value is -0.640. The molecule has 1 aliphatic carbocycles. The summed E-state index contributed by atoms with van der Waals surface area (Å²) in [6.07, 6.45) is 6.35. The van der Waals surface area contributed by atoms with Gasteiger partial charge in [0.15, 0.2) is 4.34 Å². The standard InChI is InChI=1S/C17H23BrN4OS3/c1-2-22(10-13-8-9-14(18)25-13)15(23)11-24-17-21-20-16(26-17)19-12-6-4-3-5-7-12/h8-9,12H,2-7,10-11H2,1H3,(H,19,20). The minimum absolute atomic E-state index is 0.138. The highest BCUT2D eigenvalue weighted by Gasteiger charge is 2.17. The van der Waals surface area contributed by atoms with E-state index in [-0.39, 0.29) is 5.91 Å². The van der Waals surface area contributed by atoms with Crippen LogP contribution in [-0.4, -0.2) is 39.3 Å². The largest absolute Gasteiger partial charge is 0.357 e. The molecule has 0 spiro atoms. The first-order valence-electron chi connectivity index (χ1n) is 8.89. The van der Waals surface area contributed by atoms with Crippen LogP contribution in [0.1, 0.15) is 43.9 Å². The number of rotatable bonds is 8. The van der Waals surface area contributed by atoms with Gasteiger partial charge in [-0.2, -0.15) is 0 Å². The molecule has 0 unspecified atom stereocenters. The lowest BCUT2D eigenvalue weighted by Crippen LogP contribution is -2.31. The van der Waals surface area contributed by atoms with Crippen LogP contribution in [-0.2, 0) is 11.3 Å². The van der Waals surface area contributed by atoms with E-state index in [4.69, 9.17) is 0 Å². The molecule has 1 aliphatic rings. The van der Waals surface area contributed by atoms with Gasteiger partial charge >= 0.3 is 0 Å². The SMILES string of the molecule is CCN(Cc1ccc(Br)s1)C(=O)CSc1nnc(NC2CCCCC2)s1. The molecule has 9 heteroatoms. The fraction of sp³-hybridized carbons (Fsp3) is 0.588. The molecule has 26 heavy (non-hydrogen) atoms. The Balaban J connectivity index is 1.47. The van der Waals surface area contributed by atoms with Gasteiger partial charge in [-0.25, -0.2) is 0 Å². The van der Waals surface area contributed by atoms with E-state index >= 15 is 0 Å². The molecule has 0 bridgehead atoms. The van der Waals surface area contributed by atoms with Gasteiger partial charge in [-0.05, 0) is 47.8 Å². The van der Waals surface area contributed by atoms with Crippen LogP contribution in [0.4, 0.5) is 5.13 Å². The van der Waals surface area contributed by atoms with E-state index in [1.54, 1.807) is 22.7 Å². The van der Waals surface area contributed by atoms with E-state index in [0.717, 1.165) is 13.3 Å². The summed E-state index contributed by atoms with van der Waals surface area (Å²) in [6, 6.07) is 4.61. The Morgan fingerprint density at radius 2 is 2.12 bits per heavy atom. The molecule has 0 radical (unpaired) electrons. The molecule has 1 fully saturated rings. The van der Waals surface area contributed by atoms with Crippen LogP contribution in [0.25, 0.3) is 0 Å². The van der Waals surface area contributed by atoms with E-state index in [1.165, 1.54) is 48.7 Å². The van der Waals surface area contributed by atoms with Gasteiger partial charge in [-0.3, -0.25) is 4.79 Å². The van der Waals surface area contributed by atoms with Crippen LogP contribution in [0.3, 0.4) is 0 Å². The zero-order valence-electron chi connectivity index (χ0n) is 14.7. The van der Waals surface area contributed by atoms with E-state index in [1.807, 2.05) is 17.9 Å². The molecule has 1 saturated carbocycles. The third-order valence-corrected chi connectivity index (χ3v) is 7.95. The molecule has 0 saturated heterocycles. The number of hydrogen-bond acceptors (Lipinski definition) is 7. The topological polar surface area (TPSA) is 58.1 Å². The highest BCUT2D eigenvalue weighted by atomic mass is 79.9. The summed E-state index contributed by atoms with van der Waals surface area (Å²) < 4.78 is 1.95. The maximum atomic E-state index is 12.5. The summed E-state index contributed by atoms with van der Waals surface area (Å²) >= 11 is 8.17. The molecule has 142 valence electrons. The monoisotopic (exact) mass is 474 g/mol. The van der Waals surface area contributed by atoms with Crippen LogP contribution < -0.4 is 5.32 Å². The van der Waals surface area contributed by atoms with E-state index in [9.17, 15) is 4.79 Å². The fourth-order valence-electron chi connectivity index (χ4n) is 2.96. The number of amides is 1. The quantitative estimate of drug-likeness (QED) is 0.529. The van der Waals surface area contributed by atoms with Crippen molar-refractivity contribution in [2.24, 2.45) is 0 Å². The molecular weight excluding hydrogens is 452 g/mol. The van der Waals surface area contributed by atoms with Crippen molar-refractivity contribution >= 4 is 61.4 Å². The zero-order chi connectivity index (χ0) is 18.4.